The third-order valence-electron chi connectivity index (χ3n) is 7.71. The maximum absolute atomic E-state index is 12.5. The van der Waals surface area contributed by atoms with Gasteiger partial charge in [-0.15, -0.1) is 5.10 Å². The molecule has 0 aliphatic heterocycles. The predicted octanol–water partition coefficient (Wildman–Crippen LogP) is 8.32. The van der Waals surface area contributed by atoms with E-state index in [1.54, 1.807) is 12.1 Å². The summed E-state index contributed by atoms with van der Waals surface area (Å²) in [6.07, 6.45) is 8.18. The Bertz CT molecular complexity index is 1640. The molecule has 2 N–H and O–H groups in total. The number of amides is 1. The first kappa shape index (κ1) is 27.8. The molecule has 8 heteroatoms. The van der Waals surface area contributed by atoms with Gasteiger partial charge in [-0.1, -0.05) is 74.0 Å². The lowest BCUT2D eigenvalue weighted by molar-refractivity contribution is -0.115. The van der Waals surface area contributed by atoms with Gasteiger partial charge in [-0.25, -0.2) is 4.52 Å². The summed E-state index contributed by atoms with van der Waals surface area (Å²) in [7, 11) is 0. The van der Waals surface area contributed by atoms with E-state index < -0.39 is 0 Å². The summed E-state index contributed by atoms with van der Waals surface area (Å²) in [5.74, 6) is 2.11. The number of carbonyl (C=O) groups excluding carboxylic acids is 1. The highest BCUT2D eigenvalue weighted by atomic mass is 35.5. The molecule has 1 aliphatic carbocycles. The van der Waals surface area contributed by atoms with E-state index in [0.29, 0.717) is 11.0 Å². The third-order valence-corrected chi connectivity index (χ3v) is 7.94. The number of carbonyl (C=O) groups is 1. The number of nitrogens with one attached hydrogen (secondary N) is 2. The fourth-order valence-electron chi connectivity index (χ4n) is 5.52. The number of benzene rings is 3. The molecule has 0 radical (unpaired) electrons. The predicted molar refractivity (Wildman–Crippen MR) is 169 cm³/mol. The molecule has 3 aromatic carbocycles. The molecule has 7 nitrogen and oxygen atoms in total. The second-order valence-electron chi connectivity index (χ2n) is 10.8. The van der Waals surface area contributed by atoms with Crippen LogP contribution in [-0.4, -0.2) is 27.1 Å². The van der Waals surface area contributed by atoms with Gasteiger partial charge < -0.3 is 15.4 Å². The number of hydrogen-bond donors (Lipinski definition) is 2. The molecule has 0 spiro atoms. The number of aromatic nitrogens is 3. The summed E-state index contributed by atoms with van der Waals surface area (Å²) in [5.41, 5.74) is 5.07. The van der Waals surface area contributed by atoms with Crippen molar-refractivity contribution in [1.82, 2.24) is 14.6 Å². The van der Waals surface area contributed by atoms with Crippen LogP contribution in [0, 0.1) is 5.92 Å². The summed E-state index contributed by atoms with van der Waals surface area (Å²) in [6.45, 7) is 0.768. The standard InChI is InChI=1S/C34H34ClN5O2/c35-27-9-4-8-25(22-27)23-33(41)36-28-14-12-26(13-15-28)31-10-5-11-32-38-34(39-40(31)32)37-29-16-18-30(19-17-29)42-21-20-24-6-2-1-3-7-24/h4-5,8-19,22,24H,1-3,6-7,20-21,23H2,(H,36,41)(H,37,39). The van der Waals surface area contributed by atoms with Gasteiger partial charge in [-0.05, 0) is 78.6 Å². The lowest BCUT2D eigenvalue weighted by Crippen LogP contribution is -2.14. The molecule has 5 aromatic rings. The van der Waals surface area contributed by atoms with E-state index in [4.69, 9.17) is 21.4 Å². The van der Waals surface area contributed by atoms with Gasteiger partial charge in [0.05, 0.1) is 18.7 Å². The average Bonchev–Trinajstić information content (AvgIpc) is 3.42. The van der Waals surface area contributed by atoms with Gasteiger partial charge in [0, 0.05) is 22.0 Å². The van der Waals surface area contributed by atoms with E-state index in [1.165, 1.54) is 32.1 Å². The number of pyridine rings is 1. The SMILES string of the molecule is O=C(Cc1cccc(Cl)c1)Nc1ccc(-c2cccc3nc(Nc4ccc(OCCC5CCCCC5)cc4)nn23)cc1. The molecule has 42 heavy (non-hydrogen) atoms. The molecule has 0 saturated heterocycles. The van der Waals surface area contributed by atoms with Crippen molar-refractivity contribution < 1.29 is 9.53 Å². The highest BCUT2D eigenvalue weighted by molar-refractivity contribution is 6.30. The Morgan fingerprint density at radius 2 is 1.67 bits per heavy atom. The quantitative estimate of drug-likeness (QED) is 0.174. The van der Waals surface area contributed by atoms with Crippen molar-refractivity contribution in [2.24, 2.45) is 5.92 Å². The highest BCUT2D eigenvalue weighted by Crippen LogP contribution is 2.27. The van der Waals surface area contributed by atoms with Gasteiger partial charge in [0.1, 0.15) is 5.75 Å². The first-order valence-electron chi connectivity index (χ1n) is 14.6. The summed E-state index contributed by atoms with van der Waals surface area (Å²) in [6, 6.07) is 28.9. The van der Waals surface area contributed by atoms with Crippen molar-refractivity contribution in [2.45, 2.75) is 44.9 Å². The molecule has 0 bridgehead atoms. The molecule has 2 heterocycles. The smallest absolute Gasteiger partial charge is 0.247 e. The van der Waals surface area contributed by atoms with Crippen LogP contribution in [0.5, 0.6) is 5.75 Å². The van der Waals surface area contributed by atoms with E-state index >= 15 is 0 Å². The molecular formula is C34H34ClN5O2. The number of nitrogens with zero attached hydrogens (tertiary/aromatic N) is 3. The van der Waals surface area contributed by atoms with E-state index in [0.717, 1.165) is 58.5 Å². The Hall–Kier alpha value is -4.36. The Morgan fingerprint density at radius 3 is 2.45 bits per heavy atom. The number of halogens is 1. The minimum atomic E-state index is -0.0989. The maximum Gasteiger partial charge on any atom is 0.247 e. The lowest BCUT2D eigenvalue weighted by Gasteiger charge is -2.21. The van der Waals surface area contributed by atoms with Crippen molar-refractivity contribution in [3.63, 3.8) is 0 Å². The van der Waals surface area contributed by atoms with E-state index in [2.05, 4.69) is 15.6 Å². The molecule has 0 unspecified atom stereocenters. The molecule has 1 amide bonds. The maximum atomic E-state index is 12.5. The lowest BCUT2D eigenvalue weighted by atomic mass is 9.87. The van der Waals surface area contributed by atoms with Crippen LogP contribution in [0.25, 0.3) is 16.9 Å². The van der Waals surface area contributed by atoms with Crippen molar-refractivity contribution in [3.05, 3.63) is 102 Å². The molecule has 1 aliphatic rings. The van der Waals surface area contributed by atoms with E-state index in [1.807, 2.05) is 83.4 Å². The minimum Gasteiger partial charge on any atom is -0.494 e. The fourth-order valence-corrected chi connectivity index (χ4v) is 5.73. The topological polar surface area (TPSA) is 80.5 Å². The number of anilines is 3. The molecular weight excluding hydrogens is 546 g/mol. The van der Waals surface area contributed by atoms with E-state index in [9.17, 15) is 4.79 Å². The van der Waals surface area contributed by atoms with Gasteiger partial charge in [0.2, 0.25) is 11.9 Å². The second kappa shape index (κ2) is 13.1. The number of rotatable bonds is 10. The average molecular weight is 580 g/mol. The zero-order valence-corrected chi connectivity index (χ0v) is 24.2. The van der Waals surface area contributed by atoms with Gasteiger partial charge >= 0.3 is 0 Å². The Morgan fingerprint density at radius 1 is 0.905 bits per heavy atom. The van der Waals surface area contributed by atoms with Crippen LogP contribution < -0.4 is 15.4 Å². The van der Waals surface area contributed by atoms with Gasteiger partial charge in [-0.3, -0.25) is 4.79 Å². The molecule has 1 saturated carbocycles. The molecule has 214 valence electrons. The summed E-state index contributed by atoms with van der Waals surface area (Å²) >= 11 is 6.04. The zero-order chi connectivity index (χ0) is 28.7. The van der Waals surface area contributed by atoms with Gasteiger partial charge in [0.25, 0.3) is 0 Å². The third kappa shape index (κ3) is 7.09. The van der Waals surface area contributed by atoms with E-state index in [-0.39, 0.29) is 12.3 Å². The number of hydrogen-bond acceptors (Lipinski definition) is 5. The van der Waals surface area contributed by atoms with Crippen LogP contribution in [0.3, 0.4) is 0 Å². The minimum absolute atomic E-state index is 0.0989. The van der Waals surface area contributed by atoms with Gasteiger partial charge in [0.15, 0.2) is 5.65 Å². The second-order valence-corrected chi connectivity index (χ2v) is 11.3. The fraction of sp³-hybridized carbons (Fsp3) is 0.265. The molecule has 2 aromatic heterocycles. The largest absolute Gasteiger partial charge is 0.494 e. The monoisotopic (exact) mass is 579 g/mol. The number of ether oxygens (including phenoxy) is 1. The van der Waals surface area contributed by atoms with Crippen LogP contribution in [0.2, 0.25) is 5.02 Å². The first-order chi connectivity index (χ1) is 20.6. The molecule has 6 rings (SSSR count). The van der Waals surface area contributed by atoms with Crippen molar-refractivity contribution >= 4 is 40.5 Å². The summed E-state index contributed by atoms with van der Waals surface area (Å²) in [5, 5.41) is 11.6. The Balaban J connectivity index is 1.07. The molecule has 0 atom stereocenters. The number of fused-ring (bicyclic) bond motifs is 1. The Labute approximate surface area is 250 Å². The van der Waals surface area contributed by atoms with Crippen LogP contribution in [-0.2, 0) is 11.2 Å². The summed E-state index contributed by atoms with van der Waals surface area (Å²) in [4.78, 5) is 17.2. The Kier molecular flexibility index (Phi) is 8.66. The van der Waals surface area contributed by atoms with Crippen molar-refractivity contribution in [1.29, 1.82) is 0 Å². The van der Waals surface area contributed by atoms with Crippen LogP contribution in [0.4, 0.5) is 17.3 Å². The first-order valence-corrected chi connectivity index (χ1v) is 15.0. The van der Waals surface area contributed by atoms with Gasteiger partial charge in [-0.2, -0.15) is 4.98 Å². The molecule has 1 fully saturated rings. The van der Waals surface area contributed by atoms with Crippen molar-refractivity contribution in [2.75, 3.05) is 17.2 Å². The normalized spacial score (nSPS) is 13.6. The van der Waals surface area contributed by atoms with Crippen LogP contribution in [0.1, 0.15) is 44.1 Å². The highest BCUT2D eigenvalue weighted by Gasteiger charge is 2.14. The zero-order valence-electron chi connectivity index (χ0n) is 23.4. The van der Waals surface area contributed by atoms with Crippen LogP contribution >= 0.6 is 11.6 Å². The summed E-state index contributed by atoms with van der Waals surface area (Å²) < 4.78 is 7.81. The van der Waals surface area contributed by atoms with Crippen LogP contribution in [0.15, 0.2) is 91.0 Å². The van der Waals surface area contributed by atoms with Crippen molar-refractivity contribution in [3.8, 4) is 17.0 Å².